The van der Waals surface area contributed by atoms with Crippen LogP contribution in [0.5, 0.6) is 11.5 Å². The van der Waals surface area contributed by atoms with E-state index in [2.05, 4.69) is 10.2 Å². The van der Waals surface area contributed by atoms with Crippen LogP contribution in [0.15, 0.2) is 46.9 Å². The summed E-state index contributed by atoms with van der Waals surface area (Å²) < 4.78 is 21.5. The summed E-state index contributed by atoms with van der Waals surface area (Å²) in [5.41, 5.74) is 0.738. The van der Waals surface area contributed by atoms with Crippen LogP contribution in [0.2, 0.25) is 0 Å². The van der Waals surface area contributed by atoms with Crippen molar-refractivity contribution in [3.8, 4) is 23.0 Å². The van der Waals surface area contributed by atoms with Crippen LogP contribution in [0.1, 0.15) is 30.1 Å². The van der Waals surface area contributed by atoms with Gasteiger partial charge in [-0.25, -0.2) is 4.79 Å². The van der Waals surface area contributed by atoms with Crippen LogP contribution < -0.4 is 9.47 Å². The minimum absolute atomic E-state index is 0.0424. The summed E-state index contributed by atoms with van der Waals surface area (Å²) in [5, 5.41) is 18.4. The smallest absolute Gasteiger partial charge is 0.338 e. The molecule has 0 aliphatic carbocycles. The summed E-state index contributed by atoms with van der Waals surface area (Å²) in [7, 11) is 1.48. The fourth-order valence-electron chi connectivity index (χ4n) is 2.51. The fraction of sp³-hybridized carbons (Fsp3) is 0.250. The fourth-order valence-corrected chi connectivity index (χ4v) is 2.51. The third kappa shape index (κ3) is 4.90. The van der Waals surface area contributed by atoms with Crippen LogP contribution in [0.25, 0.3) is 11.5 Å². The lowest BCUT2D eigenvalue weighted by molar-refractivity contribution is -0.384. The van der Waals surface area contributed by atoms with Crippen LogP contribution in [-0.2, 0) is 11.3 Å². The van der Waals surface area contributed by atoms with E-state index in [0.717, 1.165) is 0 Å². The van der Waals surface area contributed by atoms with E-state index in [-0.39, 0.29) is 35.7 Å². The standard InChI is InChI=1S/C20H19N3O7/c1-12(2)29-16-9-6-14(10-17(16)27-3)20(24)28-11-18-21-22-19(30-18)13-4-7-15(8-5-13)23(25)26/h4-10,12H,11H2,1-3H3. The van der Waals surface area contributed by atoms with Crippen LogP contribution in [0.4, 0.5) is 5.69 Å². The SMILES string of the molecule is COc1cc(C(=O)OCc2nnc(-c3ccc([N+](=O)[O-])cc3)o2)ccc1OC(C)C. The van der Waals surface area contributed by atoms with Gasteiger partial charge in [0, 0.05) is 17.7 Å². The van der Waals surface area contributed by atoms with Crippen molar-refractivity contribution in [3.63, 3.8) is 0 Å². The van der Waals surface area contributed by atoms with E-state index in [0.29, 0.717) is 17.1 Å². The highest BCUT2D eigenvalue weighted by atomic mass is 16.6. The second-order valence-electron chi connectivity index (χ2n) is 6.41. The molecule has 0 amide bonds. The zero-order valence-electron chi connectivity index (χ0n) is 16.5. The Balaban J connectivity index is 1.64. The summed E-state index contributed by atoms with van der Waals surface area (Å²) in [6.45, 7) is 3.54. The van der Waals surface area contributed by atoms with E-state index in [9.17, 15) is 14.9 Å². The van der Waals surface area contributed by atoms with Crippen molar-refractivity contribution in [3.05, 3.63) is 64.0 Å². The number of esters is 1. The van der Waals surface area contributed by atoms with E-state index in [1.807, 2.05) is 13.8 Å². The number of carbonyl (C=O) groups is 1. The first-order chi connectivity index (χ1) is 14.4. The maximum absolute atomic E-state index is 12.3. The van der Waals surface area contributed by atoms with Crippen molar-refractivity contribution in [2.45, 2.75) is 26.6 Å². The average Bonchev–Trinajstić information content (AvgIpc) is 3.21. The van der Waals surface area contributed by atoms with Crippen molar-refractivity contribution in [1.82, 2.24) is 10.2 Å². The van der Waals surface area contributed by atoms with E-state index < -0.39 is 10.9 Å². The number of nitro groups is 1. The highest BCUT2D eigenvalue weighted by Gasteiger charge is 2.16. The molecule has 3 aromatic rings. The predicted octanol–water partition coefficient (Wildman–Crippen LogP) is 3.80. The number of aromatic nitrogens is 2. The van der Waals surface area contributed by atoms with Crippen LogP contribution in [0.3, 0.4) is 0 Å². The van der Waals surface area contributed by atoms with Crippen molar-refractivity contribution >= 4 is 11.7 Å². The molecule has 3 rings (SSSR count). The molecule has 10 heteroatoms. The zero-order chi connectivity index (χ0) is 21.7. The average molecular weight is 413 g/mol. The molecule has 0 saturated heterocycles. The highest BCUT2D eigenvalue weighted by molar-refractivity contribution is 5.90. The molecule has 156 valence electrons. The van der Waals surface area contributed by atoms with Gasteiger partial charge >= 0.3 is 5.97 Å². The molecule has 2 aromatic carbocycles. The number of methoxy groups -OCH3 is 1. The van der Waals surface area contributed by atoms with Crippen molar-refractivity contribution in [2.24, 2.45) is 0 Å². The van der Waals surface area contributed by atoms with Gasteiger partial charge in [0.1, 0.15) is 0 Å². The van der Waals surface area contributed by atoms with Gasteiger partial charge in [-0.1, -0.05) is 0 Å². The predicted molar refractivity (Wildman–Crippen MR) is 104 cm³/mol. The Morgan fingerprint density at radius 2 is 1.87 bits per heavy atom. The minimum atomic E-state index is -0.598. The molecule has 1 aromatic heterocycles. The maximum Gasteiger partial charge on any atom is 0.338 e. The molecule has 0 fully saturated rings. The lowest BCUT2D eigenvalue weighted by atomic mass is 10.2. The molecular formula is C20H19N3O7. The molecule has 0 atom stereocenters. The summed E-state index contributed by atoms with van der Waals surface area (Å²) in [4.78, 5) is 22.5. The van der Waals surface area contributed by atoms with Gasteiger partial charge in [0.15, 0.2) is 18.1 Å². The van der Waals surface area contributed by atoms with Crippen LogP contribution in [-0.4, -0.2) is 34.3 Å². The number of non-ortho nitro benzene ring substituents is 1. The quantitative estimate of drug-likeness (QED) is 0.308. The molecule has 10 nitrogen and oxygen atoms in total. The van der Waals surface area contributed by atoms with Crippen LogP contribution >= 0.6 is 0 Å². The van der Waals surface area contributed by atoms with Crippen molar-refractivity contribution in [1.29, 1.82) is 0 Å². The molecular weight excluding hydrogens is 394 g/mol. The Labute approximate surface area is 171 Å². The van der Waals surface area contributed by atoms with Gasteiger partial charge in [-0.05, 0) is 44.2 Å². The van der Waals surface area contributed by atoms with E-state index in [1.54, 1.807) is 12.1 Å². The van der Waals surface area contributed by atoms with Gasteiger partial charge < -0.3 is 18.6 Å². The molecule has 0 spiro atoms. The summed E-state index contributed by atoms with van der Waals surface area (Å²) in [6.07, 6.45) is -0.0424. The Hall–Kier alpha value is -3.95. The molecule has 1 heterocycles. The van der Waals surface area contributed by atoms with Gasteiger partial charge in [0.2, 0.25) is 5.89 Å². The molecule has 0 unspecified atom stereocenters. The Morgan fingerprint density at radius 1 is 1.13 bits per heavy atom. The van der Waals surface area contributed by atoms with Crippen molar-refractivity contribution < 1.29 is 28.3 Å². The van der Waals surface area contributed by atoms with Gasteiger partial charge in [0.05, 0.1) is 23.7 Å². The number of nitro benzene ring substituents is 1. The first-order valence-corrected chi connectivity index (χ1v) is 8.96. The minimum Gasteiger partial charge on any atom is -0.493 e. The van der Waals surface area contributed by atoms with Crippen molar-refractivity contribution in [2.75, 3.05) is 7.11 Å². The maximum atomic E-state index is 12.3. The van der Waals surface area contributed by atoms with E-state index in [1.165, 1.54) is 37.4 Å². The van der Waals surface area contributed by atoms with Gasteiger partial charge in [0.25, 0.3) is 11.6 Å². The Kier molecular flexibility index (Phi) is 6.26. The van der Waals surface area contributed by atoms with E-state index in [4.69, 9.17) is 18.6 Å². The number of nitrogens with zero attached hydrogens (tertiary/aromatic N) is 3. The third-order valence-electron chi connectivity index (χ3n) is 3.88. The van der Waals surface area contributed by atoms with Gasteiger partial charge in [-0.3, -0.25) is 10.1 Å². The first kappa shape index (κ1) is 20.8. The number of ether oxygens (including phenoxy) is 3. The number of rotatable bonds is 8. The van der Waals surface area contributed by atoms with Gasteiger partial charge in [-0.2, -0.15) is 0 Å². The summed E-state index contributed by atoms with van der Waals surface area (Å²) in [5.74, 6) is 0.584. The number of benzene rings is 2. The topological polar surface area (TPSA) is 127 Å². The molecule has 0 aliphatic rings. The largest absolute Gasteiger partial charge is 0.493 e. The lowest BCUT2D eigenvalue weighted by Crippen LogP contribution is -2.09. The van der Waals surface area contributed by atoms with E-state index >= 15 is 0 Å². The number of carbonyl (C=O) groups excluding carboxylic acids is 1. The lowest BCUT2D eigenvalue weighted by Gasteiger charge is -2.14. The first-order valence-electron chi connectivity index (χ1n) is 8.96. The summed E-state index contributed by atoms with van der Waals surface area (Å²) in [6, 6.07) is 10.4. The Morgan fingerprint density at radius 3 is 2.50 bits per heavy atom. The molecule has 0 radical (unpaired) electrons. The second-order valence-corrected chi connectivity index (χ2v) is 6.41. The zero-order valence-corrected chi connectivity index (χ0v) is 16.5. The van der Waals surface area contributed by atoms with Crippen LogP contribution in [0, 0.1) is 10.1 Å². The normalized spacial score (nSPS) is 10.7. The highest BCUT2D eigenvalue weighted by Crippen LogP contribution is 2.29. The molecule has 0 saturated carbocycles. The molecule has 0 aliphatic heterocycles. The molecule has 30 heavy (non-hydrogen) atoms. The monoisotopic (exact) mass is 413 g/mol. The van der Waals surface area contributed by atoms with Gasteiger partial charge in [-0.15, -0.1) is 10.2 Å². The number of hydrogen-bond donors (Lipinski definition) is 0. The summed E-state index contributed by atoms with van der Waals surface area (Å²) >= 11 is 0. The Bertz CT molecular complexity index is 1040. The molecule has 0 bridgehead atoms. The molecule has 0 N–H and O–H groups in total. The third-order valence-corrected chi connectivity index (χ3v) is 3.88. The second kappa shape index (κ2) is 9.03. The number of hydrogen-bond acceptors (Lipinski definition) is 9.